The largest absolute Gasteiger partial charge is 0.462 e. The zero-order valence-electron chi connectivity index (χ0n) is 31.4. The second-order valence-corrected chi connectivity index (χ2v) is 19.5. The molecule has 0 amide bonds. The highest BCUT2D eigenvalue weighted by Crippen LogP contribution is 2.89. The van der Waals surface area contributed by atoms with E-state index in [0.29, 0.717) is 18.3 Å². The Kier molecular flexibility index (Phi) is 7.40. The standard InChI is InChI=1S/C39H58O12/c1-18-13-39(31-36(8,50-31)32(44)51-39)49-22-14-34(6)24-10-9-23-33(4,5)25(48-30-29(47-20(3)41)28(43)21(42)16-45-30)11-12-37(23)17-38(24,37)15-26(46-19(2)40)35(34,7)27(18)22/h18,21-32,42-44H,9-17H2,1-8H3/t18-,21-,22+,23-,24+,25+,26-,27+,28+,29-,30+,31-,32+,34+,35-,36+,37-,38+,39-/m1/s1. The quantitative estimate of drug-likeness (QED) is 0.220. The molecule has 12 nitrogen and oxygen atoms in total. The molecule has 9 aliphatic rings. The molecule has 51 heavy (non-hydrogen) atoms. The van der Waals surface area contributed by atoms with Gasteiger partial charge >= 0.3 is 11.9 Å². The van der Waals surface area contributed by atoms with Gasteiger partial charge in [-0.15, -0.1) is 0 Å². The van der Waals surface area contributed by atoms with Crippen LogP contribution in [0.5, 0.6) is 0 Å². The average Bonchev–Trinajstić information content (AvgIpc) is 3.87. The molecule has 0 aromatic rings. The van der Waals surface area contributed by atoms with Gasteiger partial charge in [0.05, 0.1) is 18.8 Å². The number of fused-ring (bicyclic) bond motifs is 6. The summed E-state index contributed by atoms with van der Waals surface area (Å²) in [6.45, 7) is 16.3. The molecule has 5 saturated carbocycles. The van der Waals surface area contributed by atoms with Gasteiger partial charge in [-0.05, 0) is 97.2 Å². The molecule has 3 spiro atoms. The summed E-state index contributed by atoms with van der Waals surface area (Å²) < 4.78 is 43.7. The molecular formula is C39H58O12. The Morgan fingerprint density at radius 1 is 0.804 bits per heavy atom. The Hall–Kier alpha value is -1.38. The number of aliphatic hydroxyl groups excluding tert-OH is 3. The Balaban J connectivity index is 1.02. The number of hydrogen-bond donors (Lipinski definition) is 3. The van der Waals surface area contributed by atoms with E-state index >= 15 is 0 Å². The number of carbonyl (C=O) groups is 2. The summed E-state index contributed by atoms with van der Waals surface area (Å²) in [6, 6.07) is 0. The molecule has 4 aliphatic heterocycles. The summed E-state index contributed by atoms with van der Waals surface area (Å²) in [5.41, 5.74) is -1.38. The number of ether oxygens (including phenoxy) is 7. The van der Waals surface area contributed by atoms with E-state index < -0.39 is 48.2 Å². The molecular weight excluding hydrogens is 660 g/mol. The van der Waals surface area contributed by atoms with Gasteiger partial charge in [0.1, 0.15) is 30.0 Å². The first-order chi connectivity index (χ1) is 23.8. The minimum Gasteiger partial charge on any atom is -0.462 e. The van der Waals surface area contributed by atoms with Crippen molar-refractivity contribution < 1.29 is 58.1 Å². The third-order valence-corrected chi connectivity index (χ3v) is 17.0. The second-order valence-electron chi connectivity index (χ2n) is 19.5. The monoisotopic (exact) mass is 718 g/mol. The first-order valence-electron chi connectivity index (χ1n) is 19.5. The molecule has 9 fully saturated rings. The Morgan fingerprint density at radius 3 is 2.16 bits per heavy atom. The van der Waals surface area contributed by atoms with Crippen molar-refractivity contribution in [2.24, 2.45) is 50.7 Å². The van der Waals surface area contributed by atoms with Gasteiger partial charge in [-0.25, -0.2) is 0 Å². The summed E-state index contributed by atoms with van der Waals surface area (Å²) in [6.07, 6.45) is 0.793. The van der Waals surface area contributed by atoms with E-state index in [2.05, 4.69) is 34.6 Å². The minimum absolute atomic E-state index is 0.0150. The van der Waals surface area contributed by atoms with Crippen LogP contribution in [0.2, 0.25) is 0 Å². The van der Waals surface area contributed by atoms with Crippen molar-refractivity contribution in [1.29, 1.82) is 0 Å². The molecule has 3 N–H and O–H groups in total. The van der Waals surface area contributed by atoms with Crippen molar-refractivity contribution in [2.75, 3.05) is 6.61 Å². The summed E-state index contributed by atoms with van der Waals surface area (Å²) in [5, 5.41) is 31.8. The minimum atomic E-state index is -1.30. The van der Waals surface area contributed by atoms with Crippen LogP contribution < -0.4 is 0 Å². The van der Waals surface area contributed by atoms with Crippen molar-refractivity contribution in [2.45, 2.75) is 173 Å². The van der Waals surface area contributed by atoms with Crippen LogP contribution >= 0.6 is 0 Å². The van der Waals surface area contributed by atoms with Crippen LogP contribution in [-0.4, -0.2) is 101 Å². The van der Waals surface area contributed by atoms with Gasteiger partial charge in [-0.3, -0.25) is 9.59 Å². The molecule has 0 radical (unpaired) electrons. The highest BCUT2D eigenvalue weighted by Gasteiger charge is 2.87. The zero-order valence-corrected chi connectivity index (χ0v) is 31.4. The zero-order chi connectivity index (χ0) is 36.5. The van der Waals surface area contributed by atoms with E-state index in [1.54, 1.807) is 0 Å². The Morgan fingerprint density at radius 2 is 1.51 bits per heavy atom. The van der Waals surface area contributed by atoms with E-state index in [9.17, 15) is 24.9 Å². The summed E-state index contributed by atoms with van der Waals surface area (Å²) in [7, 11) is 0. The van der Waals surface area contributed by atoms with Crippen LogP contribution in [0.1, 0.15) is 107 Å². The van der Waals surface area contributed by atoms with E-state index in [1.807, 2.05) is 6.92 Å². The predicted molar refractivity (Wildman–Crippen MR) is 177 cm³/mol. The fourth-order valence-corrected chi connectivity index (χ4v) is 14.9. The molecule has 0 bridgehead atoms. The number of esters is 2. The van der Waals surface area contributed by atoms with Gasteiger partial charge in [-0.2, -0.15) is 0 Å². The molecule has 19 atom stereocenters. The molecule has 0 unspecified atom stereocenters. The van der Waals surface area contributed by atoms with E-state index in [1.165, 1.54) is 13.8 Å². The lowest BCUT2D eigenvalue weighted by Gasteiger charge is -2.65. The van der Waals surface area contributed by atoms with Crippen molar-refractivity contribution >= 4 is 11.9 Å². The van der Waals surface area contributed by atoms with Crippen LogP contribution in [0.25, 0.3) is 0 Å². The smallest absolute Gasteiger partial charge is 0.303 e. The number of carbonyl (C=O) groups excluding carboxylic acids is 2. The molecule has 4 saturated heterocycles. The van der Waals surface area contributed by atoms with E-state index in [-0.39, 0.29) is 75.9 Å². The lowest BCUT2D eigenvalue weighted by atomic mass is 9.41. The van der Waals surface area contributed by atoms with Gasteiger partial charge in [0.25, 0.3) is 0 Å². The highest BCUT2D eigenvalue weighted by atomic mass is 16.8. The van der Waals surface area contributed by atoms with Crippen LogP contribution in [0.15, 0.2) is 0 Å². The molecule has 9 rings (SSSR count). The molecule has 286 valence electrons. The van der Waals surface area contributed by atoms with Crippen molar-refractivity contribution in [1.82, 2.24) is 0 Å². The Labute approximate surface area is 300 Å². The van der Waals surface area contributed by atoms with Crippen molar-refractivity contribution in [3.8, 4) is 0 Å². The van der Waals surface area contributed by atoms with Gasteiger partial charge in [-0.1, -0.05) is 34.6 Å². The van der Waals surface area contributed by atoms with E-state index in [4.69, 9.17) is 33.2 Å². The maximum atomic E-state index is 12.9. The highest BCUT2D eigenvalue weighted by molar-refractivity contribution is 5.66. The maximum Gasteiger partial charge on any atom is 0.303 e. The number of epoxide rings is 1. The maximum absolute atomic E-state index is 12.9. The Bertz CT molecular complexity index is 1500. The third-order valence-electron chi connectivity index (χ3n) is 17.0. The molecule has 0 aromatic heterocycles. The summed E-state index contributed by atoms with van der Waals surface area (Å²) in [5.74, 6) is -0.646. The number of aliphatic hydroxyl groups is 3. The molecule has 5 aliphatic carbocycles. The van der Waals surface area contributed by atoms with Gasteiger partial charge < -0.3 is 48.5 Å². The summed E-state index contributed by atoms with van der Waals surface area (Å²) in [4.78, 5) is 24.9. The first-order valence-corrected chi connectivity index (χ1v) is 19.5. The van der Waals surface area contributed by atoms with E-state index in [0.717, 1.165) is 44.9 Å². The van der Waals surface area contributed by atoms with Gasteiger partial charge in [0.2, 0.25) is 5.79 Å². The first kappa shape index (κ1) is 35.3. The molecule has 0 aromatic carbocycles. The van der Waals surface area contributed by atoms with Gasteiger partial charge in [0.15, 0.2) is 18.7 Å². The van der Waals surface area contributed by atoms with Crippen LogP contribution in [0, 0.1) is 50.7 Å². The predicted octanol–water partition coefficient (Wildman–Crippen LogP) is 3.60. The van der Waals surface area contributed by atoms with Crippen LogP contribution in [-0.2, 0) is 42.7 Å². The topological polar surface area (TPSA) is 163 Å². The molecule has 4 heterocycles. The normalized spacial score (nSPS) is 60.1. The number of rotatable bonds is 4. The second kappa shape index (κ2) is 10.7. The number of hydrogen-bond acceptors (Lipinski definition) is 12. The lowest BCUT2D eigenvalue weighted by molar-refractivity contribution is -0.346. The fourth-order valence-electron chi connectivity index (χ4n) is 14.9. The van der Waals surface area contributed by atoms with Crippen molar-refractivity contribution in [3.63, 3.8) is 0 Å². The summed E-state index contributed by atoms with van der Waals surface area (Å²) >= 11 is 0. The average molecular weight is 719 g/mol. The third kappa shape index (κ3) is 4.31. The fraction of sp³-hybridized carbons (Fsp3) is 0.949. The van der Waals surface area contributed by atoms with Crippen LogP contribution in [0.4, 0.5) is 0 Å². The van der Waals surface area contributed by atoms with Crippen LogP contribution in [0.3, 0.4) is 0 Å². The van der Waals surface area contributed by atoms with Gasteiger partial charge in [0, 0.05) is 25.7 Å². The lowest BCUT2D eigenvalue weighted by Crippen LogP contribution is -2.64. The molecule has 12 heteroatoms. The SMILES string of the molecule is CC(=O)O[C@H]1[C@H](O[C@H]2CC[C@]34C[C@]35C[C@@H](OC(C)=O)[C@]3(C)[C@H]6[C@H](C)C[C@@]7(O[C@H]6C[C@@]3(C)[C@@H]5CC[C@@H]4C2(C)C)O[C@H](O)[C@@]2(C)O[C@@H]72)OC[C@@H](O)[C@@H]1O. The van der Waals surface area contributed by atoms with Crippen molar-refractivity contribution in [3.05, 3.63) is 0 Å².